The van der Waals surface area contributed by atoms with Crippen molar-refractivity contribution in [1.29, 1.82) is 0 Å². The van der Waals surface area contributed by atoms with Crippen molar-refractivity contribution in [2.45, 2.75) is 33.5 Å². The maximum Gasteiger partial charge on any atom is 0.194 e. The van der Waals surface area contributed by atoms with Crippen LogP contribution in [-0.4, -0.2) is 43.1 Å². The van der Waals surface area contributed by atoms with Crippen LogP contribution < -0.4 is 20.7 Å². The van der Waals surface area contributed by atoms with Crippen molar-refractivity contribution in [2.24, 2.45) is 0 Å². The van der Waals surface area contributed by atoms with Crippen LogP contribution >= 0.6 is 0 Å². The van der Waals surface area contributed by atoms with Crippen LogP contribution in [-0.2, 0) is 19.6 Å². The standard InChI is InChI=1S/C33H37N5O2/c1-21-28(32(39)26-16-24(36(3)4)12-14-30(26)34-21)19-38(18-23-10-8-7-9-11-23)20-29-22(2)35-31-15-13-25(37(5)6)17-27(31)33(29)40/h7-17H,18-20H2,1-6H3,(H,34,39)(H,35,40). The number of fused-ring (bicyclic) bond motifs is 2. The van der Waals surface area contributed by atoms with Gasteiger partial charge in [-0.1, -0.05) is 30.3 Å². The smallest absolute Gasteiger partial charge is 0.194 e. The summed E-state index contributed by atoms with van der Waals surface area (Å²) in [4.78, 5) is 40.7. The van der Waals surface area contributed by atoms with E-state index in [0.29, 0.717) is 41.5 Å². The molecule has 0 unspecified atom stereocenters. The third-order valence-electron chi connectivity index (χ3n) is 7.64. The average Bonchev–Trinajstić information content (AvgIpc) is 2.93. The van der Waals surface area contributed by atoms with Crippen molar-refractivity contribution >= 4 is 33.2 Å². The molecule has 2 heterocycles. The van der Waals surface area contributed by atoms with Gasteiger partial charge >= 0.3 is 0 Å². The van der Waals surface area contributed by atoms with E-state index in [1.54, 1.807) is 0 Å². The van der Waals surface area contributed by atoms with Gasteiger partial charge in [0.05, 0.1) is 0 Å². The summed E-state index contributed by atoms with van der Waals surface area (Å²) < 4.78 is 0. The summed E-state index contributed by atoms with van der Waals surface area (Å²) in [6.07, 6.45) is 0. The minimum atomic E-state index is 0.0211. The monoisotopic (exact) mass is 535 g/mol. The van der Waals surface area contributed by atoms with E-state index < -0.39 is 0 Å². The molecule has 0 saturated heterocycles. The second kappa shape index (κ2) is 11.0. The van der Waals surface area contributed by atoms with Crippen molar-refractivity contribution in [3.05, 3.63) is 115 Å². The lowest BCUT2D eigenvalue weighted by Crippen LogP contribution is -2.30. The number of nitrogens with one attached hydrogen (secondary N) is 2. The first-order valence-corrected chi connectivity index (χ1v) is 13.5. The second-order valence-electron chi connectivity index (χ2n) is 11.0. The summed E-state index contributed by atoms with van der Waals surface area (Å²) in [5, 5.41) is 1.34. The molecule has 0 aliphatic carbocycles. The minimum Gasteiger partial charge on any atom is -0.378 e. The third-order valence-corrected chi connectivity index (χ3v) is 7.64. The van der Waals surface area contributed by atoms with Crippen LogP contribution in [0.3, 0.4) is 0 Å². The van der Waals surface area contributed by atoms with E-state index in [1.165, 1.54) is 0 Å². The number of aromatic amines is 2. The van der Waals surface area contributed by atoms with Gasteiger partial charge in [0.15, 0.2) is 10.9 Å². The van der Waals surface area contributed by atoms with Crippen molar-refractivity contribution in [1.82, 2.24) is 14.9 Å². The van der Waals surface area contributed by atoms with Crippen LogP contribution in [0, 0.1) is 13.8 Å². The fourth-order valence-corrected chi connectivity index (χ4v) is 5.27. The molecule has 0 atom stereocenters. The van der Waals surface area contributed by atoms with E-state index >= 15 is 0 Å². The number of hydrogen-bond donors (Lipinski definition) is 2. The Morgan fingerprint density at radius 1 is 0.600 bits per heavy atom. The predicted molar refractivity (Wildman–Crippen MR) is 167 cm³/mol. The van der Waals surface area contributed by atoms with E-state index in [2.05, 4.69) is 27.0 Å². The van der Waals surface area contributed by atoms with E-state index in [9.17, 15) is 9.59 Å². The first-order chi connectivity index (χ1) is 19.1. The molecule has 0 amide bonds. The van der Waals surface area contributed by atoms with Gasteiger partial charge in [0.1, 0.15) is 0 Å². The maximum absolute atomic E-state index is 13.8. The SMILES string of the molecule is Cc1[nH]c2ccc(N(C)C)cc2c(=O)c1CN(Cc1ccccc1)Cc1c(C)[nH]c2ccc(N(C)C)cc2c1=O. The Kier molecular flexibility index (Phi) is 7.50. The fraction of sp³-hybridized carbons (Fsp3) is 0.273. The van der Waals surface area contributed by atoms with Crippen LogP contribution in [0.5, 0.6) is 0 Å². The van der Waals surface area contributed by atoms with Gasteiger partial charge < -0.3 is 19.8 Å². The third kappa shape index (κ3) is 5.38. The summed E-state index contributed by atoms with van der Waals surface area (Å²) in [6, 6.07) is 22.0. The lowest BCUT2D eigenvalue weighted by molar-refractivity contribution is 0.245. The molecule has 5 rings (SSSR count). The molecular weight excluding hydrogens is 498 g/mol. The molecule has 0 aliphatic rings. The summed E-state index contributed by atoms with van der Waals surface area (Å²) in [5.74, 6) is 0. The molecule has 0 saturated carbocycles. The van der Waals surface area contributed by atoms with Gasteiger partial charge in [-0.15, -0.1) is 0 Å². The zero-order valence-corrected chi connectivity index (χ0v) is 24.1. The number of benzene rings is 3. The zero-order valence-electron chi connectivity index (χ0n) is 24.1. The summed E-state index contributed by atoms with van der Waals surface area (Å²) in [7, 11) is 7.88. The molecule has 7 heteroatoms. The number of rotatable bonds is 8. The van der Waals surface area contributed by atoms with E-state index in [1.807, 2.05) is 106 Å². The largest absolute Gasteiger partial charge is 0.378 e. The highest BCUT2D eigenvalue weighted by Gasteiger charge is 2.19. The molecule has 40 heavy (non-hydrogen) atoms. The molecule has 0 spiro atoms. The van der Waals surface area contributed by atoms with Gasteiger partial charge in [-0.3, -0.25) is 14.5 Å². The Morgan fingerprint density at radius 2 is 1.05 bits per heavy atom. The highest BCUT2D eigenvalue weighted by molar-refractivity contribution is 5.84. The molecular formula is C33H37N5O2. The molecule has 2 aromatic heterocycles. The van der Waals surface area contributed by atoms with Gasteiger partial charge in [0.2, 0.25) is 0 Å². The fourth-order valence-electron chi connectivity index (χ4n) is 5.27. The number of H-pyrrole nitrogens is 2. The molecule has 7 nitrogen and oxygen atoms in total. The van der Waals surface area contributed by atoms with Gasteiger partial charge in [-0.2, -0.15) is 0 Å². The van der Waals surface area contributed by atoms with Crippen LogP contribution in [0.15, 0.2) is 76.3 Å². The number of aromatic nitrogens is 2. The molecule has 2 N–H and O–H groups in total. The zero-order chi connectivity index (χ0) is 28.6. The first kappa shape index (κ1) is 27.2. The first-order valence-electron chi connectivity index (χ1n) is 13.5. The Morgan fingerprint density at radius 3 is 1.48 bits per heavy atom. The highest BCUT2D eigenvalue weighted by atomic mass is 16.1. The Labute approximate surface area is 234 Å². The molecule has 206 valence electrons. The molecule has 0 aliphatic heterocycles. The molecule has 0 radical (unpaired) electrons. The number of anilines is 2. The van der Waals surface area contributed by atoms with Crippen LogP contribution in [0.4, 0.5) is 11.4 Å². The van der Waals surface area contributed by atoms with E-state index in [-0.39, 0.29) is 10.9 Å². The summed E-state index contributed by atoms with van der Waals surface area (Å²) in [6.45, 7) is 5.32. The lowest BCUT2D eigenvalue weighted by atomic mass is 10.0. The van der Waals surface area contributed by atoms with Crippen molar-refractivity contribution in [2.75, 3.05) is 38.0 Å². The van der Waals surface area contributed by atoms with Crippen LogP contribution in [0.1, 0.15) is 28.1 Å². The minimum absolute atomic E-state index is 0.0211. The number of aryl methyl sites for hydroxylation is 2. The van der Waals surface area contributed by atoms with Crippen LogP contribution in [0.2, 0.25) is 0 Å². The van der Waals surface area contributed by atoms with Gasteiger partial charge in [-0.05, 0) is 55.8 Å². The molecule has 0 fully saturated rings. The number of hydrogen-bond acceptors (Lipinski definition) is 5. The van der Waals surface area contributed by atoms with Gasteiger partial charge in [-0.25, -0.2) is 0 Å². The Bertz CT molecular complexity index is 1690. The highest BCUT2D eigenvalue weighted by Crippen LogP contribution is 2.22. The topological polar surface area (TPSA) is 75.4 Å². The summed E-state index contributed by atoms with van der Waals surface area (Å²) in [5.41, 5.74) is 7.87. The van der Waals surface area contributed by atoms with E-state index in [4.69, 9.17) is 0 Å². The molecule has 3 aromatic carbocycles. The van der Waals surface area contributed by atoms with Crippen molar-refractivity contribution in [3.8, 4) is 0 Å². The van der Waals surface area contributed by atoms with Crippen molar-refractivity contribution < 1.29 is 0 Å². The van der Waals surface area contributed by atoms with Gasteiger partial charge in [0, 0.05) is 104 Å². The number of nitrogens with zero attached hydrogens (tertiary/aromatic N) is 3. The summed E-state index contributed by atoms with van der Waals surface area (Å²) >= 11 is 0. The lowest BCUT2D eigenvalue weighted by Gasteiger charge is -2.24. The molecule has 0 bridgehead atoms. The average molecular weight is 536 g/mol. The van der Waals surface area contributed by atoms with Crippen molar-refractivity contribution in [3.63, 3.8) is 0 Å². The Hall–Kier alpha value is -4.36. The number of pyridine rings is 2. The predicted octanol–water partition coefficient (Wildman–Crippen LogP) is 5.32. The maximum atomic E-state index is 13.8. The molecule has 5 aromatic rings. The van der Waals surface area contributed by atoms with E-state index in [0.717, 1.165) is 39.4 Å². The van der Waals surface area contributed by atoms with Crippen LogP contribution in [0.25, 0.3) is 21.8 Å². The quantitative estimate of drug-likeness (QED) is 0.281. The Balaban J connectivity index is 1.59. The second-order valence-corrected chi connectivity index (χ2v) is 11.0. The van der Waals surface area contributed by atoms with Gasteiger partial charge in [0.25, 0.3) is 0 Å². The normalized spacial score (nSPS) is 11.5.